The Balaban J connectivity index is 2.21. The van der Waals surface area contributed by atoms with Gasteiger partial charge in [-0.05, 0) is 55.9 Å². The van der Waals surface area contributed by atoms with E-state index in [9.17, 15) is 9.59 Å². The highest BCUT2D eigenvalue weighted by molar-refractivity contribution is 5.88. The molecule has 0 aromatic heterocycles. The van der Waals surface area contributed by atoms with Gasteiger partial charge in [0.25, 0.3) is 5.91 Å². The lowest BCUT2D eigenvalue weighted by molar-refractivity contribution is -0.143. The molecule has 0 bridgehead atoms. The van der Waals surface area contributed by atoms with Gasteiger partial charge in [-0.3, -0.25) is 9.59 Å². The summed E-state index contributed by atoms with van der Waals surface area (Å²) in [4.78, 5) is 27.8. The average molecular weight is 425 g/mol. The second-order valence-electron chi connectivity index (χ2n) is 8.63. The maximum atomic E-state index is 13.2. The van der Waals surface area contributed by atoms with Gasteiger partial charge in [0, 0.05) is 13.1 Å². The molecule has 5 heteroatoms. The predicted molar refractivity (Wildman–Crippen MR) is 125 cm³/mol. The number of carbonyl (C=O) groups excluding carboxylic acids is 2. The molecule has 0 spiro atoms. The number of benzene rings is 2. The van der Waals surface area contributed by atoms with Gasteiger partial charge in [0.05, 0.1) is 0 Å². The van der Waals surface area contributed by atoms with Crippen molar-refractivity contribution in [2.45, 2.75) is 60.5 Å². The second-order valence-corrected chi connectivity index (χ2v) is 8.63. The fourth-order valence-corrected chi connectivity index (χ4v) is 3.32. The summed E-state index contributed by atoms with van der Waals surface area (Å²) < 4.78 is 5.87. The van der Waals surface area contributed by atoms with Gasteiger partial charge in [-0.25, -0.2) is 0 Å². The molecule has 168 valence electrons. The maximum Gasteiger partial charge on any atom is 0.261 e. The second kappa shape index (κ2) is 11.5. The standard InChI is InChI=1S/C26H36N2O3/c1-7-23(26(30)27-15-18(2)3)28(16-22-12-9-19(4)10-13-22)25(29)17-31-24-14-20(5)8-11-21(24)6/h8-14,18,23H,7,15-17H2,1-6H3,(H,27,30). The van der Waals surface area contributed by atoms with Crippen LogP contribution in [0.3, 0.4) is 0 Å². The molecule has 0 aliphatic heterocycles. The van der Waals surface area contributed by atoms with Crippen LogP contribution in [-0.2, 0) is 16.1 Å². The zero-order chi connectivity index (χ0) is 23.0. The molecule has 0 radical (unpaired) electrons. The highest BCUT2D eigenvalue weighted by Gasteiger charge is 2.29. The topological polar surface area (TPSA) is 58.6 Å². The summed E-state index contributed by atoms with van der Waals surface area (Å²) in [6.07, 6.45) is 0.533. The van der Waals surface area contributed by atoms with E-state index in [-0.39, 0.29) is 18.4 Å². The predicted octanol–water partition coefficient (Wildman–Crippen LogP) is 4.57. The Morgan fingerprint density at radius 3 is 2.26 bits per heavy atom. The number of carbonyl (C=O) groups is 2. The Hall–Kier alpha value is -2.82. The van der Waals surface area contributed by atoms with Crippen LogP contribution >= 0.6 is 0 Å². The molecule has 2 amide bonds. The minimum atomic E-state index is -0.547. The van der Waals surface area contributed by atoms with Crippen molar-refractivity contribution in [1.82, 2.24) is 10.2 Å². The van der Waals surface area contributed by atoms with Crippen LogP contribution in [0, 0.1) is 26.7 Å². The van der Waals surface area contributed by atoms with E-state index in [0.29, 0.717) is 31.2 Å². The van der Waals surface area contributed by atoms with E-state index in [1.54, 1.807) is 4.90 Å². The van der Waals surface area contributed by atoms with Gasteiger partial charge < -0.3 is 15.0 Å². The van der Waals surface area contributed by atoms with E-state index in [1.807, 2.05) is 70.2 Å². The van der Waals surface area contributed by atoms with Gasteiger partial charge in [0.15, 0.2) is 6.61 Å². The van der Waals surface area contributed by atoms with Crippen LogP contribution in [0.1, 0.15) is 49.4 Å². The Morgan fingerprint density at radius 2 is 1.65 bits per heavy atom. The molecular formula is C26H36N2O3. The summed E-state index contributed by atoms with van der Waals surface area (Å²) in [5.41, 5.74) is 4.19. The number of aryl methyl sites for hydroxylation is 3. The molecule has 1 N–H and O–H groups in total. The van der Waals surface area contributed by atoms with Gasteiger partial charge in [-0.1, -0.05) is 62.7 Å². The van der Waals surface area contributed by atoms with Gasteiger partial charge in [0.2, 0.25) is 5.91 Å². The molecule has 0 saturated carbocycles. The highest BCUT2D eigenvalue weighted by atomic mass is 16.5. The summed E-state index contributed by atoms with van der Waals surface area (Å²) in [5.74, 6) is 0.715. The Labute approximate surface area is 186 Å². The third kappa shape index (κ3) is 7.42. The fourth-order valence-electron chi connectivity index (χ4n) is 3.32. The first-order valence-corrected chi connectivity index (χ1v) is 11.0. The van der Waals surface area contributed by atoms with Crippen molar-refractivity contribution in [3.05, 3.63) is 64.7 Å². The SMILES string of the molecule is CCC(C(=O)NCC(C)C)N(Cc1ccc(C)cc1)C(=O)COc1cc(C)ccc1C. The van der Waals surface area contributed by atoms with Gasteiger partial charge in [0.1, 0.15) is 11.8 Å². The van der Waals surface area contributed by atoms with Gasteiger partial charge in [-0.15, -0.1) is 0 Å². The summed E-state index contributed by atoms with van der Waals surface area (Å²) >= 11 is 0. The number of rotatable bonds is 10. The molecule has 2 rings (SSSR count). The minimum absolute atomic E-state index is 0.107. The van der Waals surface area contributed by atoms with E-state index in [2.05, 4.69) is 19.2 Å². The zero-order valence-corrected chi connectivity index (χ0v) is 19.7. The quantitative estimate of drug-likeness (QED) is 0.608. The highest BCUT2D eigenvalue weighted by Crippen LogP contribution is 2.20. The monoisotopic (exact) mass is 424 g/mol. The summed E-state index contributed by atoms with van der Waals surface area (Å²) in [5, 5.41) is 2.98. The summed E-state index contributed by atoms with van der Waals surface area (Å²) in [6, 6.07) is 13.4. The van der Waals surface area contributed by atoms with E-state index in [4.69, 9.17) is 4.74 Å². The number of ether oxygens (including phenoxy) is 1. The first-order chi connectivity index (χ1) is 14.7. The minimum Gasteiger partial charge on any atom is -0.483 e. The normalized spacial score (nSPS) is 11.8. The van der Waals surface area contributed by atoms with Crippen LogP contribution in [0.2, 0.25) is 0 Å². The van der Waals surface area contributed by atoms with Gasteiger partial charge >= 0.3 is 0 Å². The molecule has 1 unspecified atom stereocenters. The van der Waals surface area contributed by atoms with Crippen LogP contribution in [0.15, 0.2) is 42.5 Å². The van der Waals surface area contributed by atoms with Gasteiger partial charge in [-0.2, -0.15) is 0 Å². The van der Waals surface area contributed by atoms with E-state index in [1.165, 1.54) is 0 Å². The molecule has 2 aromatic carbocycles. The first-order valence-electron chi connectivity index (χ1n) is 11.0. The number of hydrogen-bond donors (Lipinski definition) is 1. The Bertz CT molecular complexity index is 875. The van der Waals surface area contributed by atoms with Crippen LogP contribution in [-0.4, -0.2) is 35.9 Å². The lowest BCUT2D eigenvalue weighted by Crippen LogP contribution is -2.50. The molecular weight excluding hydrogens is 388 g/mol. The number of nitrogens with zero attached hydrogens (tertiary/aromatic N) is 1. The average Bonchev–Trinajstić information content (AvgIpc) is 2.73. The van der Waals surface area contributed by atoms with Crippen molar-refractivity contribution in [2.24, 2.45) is 5.92 Å². The van der Waals surface area contributed by atoms with Crippen LogP contribution in [0.25, 0.3) is 0 Å². The lowest BCUT2D eigenvalue weighted by Gasteiger charge is -2.31. The molecule has 1 atom stereocenters. The molecule has 0 heterocycles. The molecule has 5 nitrogen and oxygen atoms in total. The lowest BCUT2D eigenvalue weighted by atomic mass is 10.1. The molecule has 0 aliphatic rings. The van der Waals surface area contributed by atoms with Crippen LogP contribution in [0.4, 0.5) is 0 Å². The van der Waals surface area contributed by atoms with Crippen molar-refractivity contribution in [3.63, 3.8) is 0 Å². The molecule has 31 heavy (non-hydrogen) atoms. The third-order valence-electron chi connectivity index (χ3n) is 5.24. The van der Waals surface area contributed by atoms with E-state index >= 15 is 0 Å². The van der Waals surface area contributed by atoms with Crippen molar-refractivity contribution in [3.8, 4) is 5.75 Å². The van der Waals surface area contributed by atoms with Crippen molar-refractivity contribution < 1.29 is 14.3 Å². The zero-order valence-electron chi connectivity index (χ0n) is 19.7. The molecule has 0 aliphatic carbocycles. The molecule has 0 fully saturated rings. The fraction of sp³-hybridized carbons (Fsp3) is 0.462. The molecule has 2 aromatic rings. The van der Waals surface area contributed by atoms with E-state index in [0.717, 1.165) is 22.3 Å². The first kappa shape index (κ1) is 24.4. The number of amides is 2. The largest absolute Gasteiger partial charge is 0.483 e. The third-order valence-corrected chi connectivity index (χ3v) is 5.24. The van der Waals surface area contributed by atoms with Crippen molar-refractivity contribution in [2.75, 3.05) is 13.2 Å². The summed E-state index contributed by atoms with van der Waals surface area (Å²) in [7, 11) is 0. The van der Waals surface area contributed by atoms with Crippen LogP contribution in [0.5, 0.6) is 5.75 Å². The molecule has 0 saturated heterocycles. The number of nitrogens with one attached hydrogen (secondary N) is 1. The Morgan fingerprint density at radius 1 is 1.00 bits per heavy atom. The van der Waals surface area contributed by atoms with Crippen molar-refractivity contribution >= 4 is 11.8 Å². The number of hydrogen-bond acceptors (Lipinski definition) is 3. The maximum absolute atomic E-state index is 13.2. The smallest absolute Gasteiger partial charge is 0.261 e. The van der Waals surface area contributed by atoms with Crippen molar-refractivity contribution in [1.29, 1.82) is 0 Å². The Kier molecular flexibility index (Phi) is 9.10. The van der Waals surface area contributed by atoms with Crippen LogP contribution < -0.4 is 10.1 Å². The summed E-state index contributed by atoms with van der Waals surface area (Å²) in [6.45, 7) is 12.8. The van der Waals surface area contributed by atoms with E-state index < -0.39 is 6.04 Å².